The maximum atomic E-state index is 11.8. The molecule has 0 bridgehead atoms. The van der Waals surface area contributed by atoms with Gasteiger partial charge in [-0.1, -0.05) is 0 Å². The van der Waals surface area contributed by atoms with Crippen LogP contribution in [-0.2, 0) is 0 Å². The number of pyridine rings is 1. The molecule has 17 heavy (non-hydrogen) atoms. The van der Waals surface area contributed by atoms with Crippen molar-refractivity contribution < 1.29 is 23.1 Å². The monoisotopic (exact) mass is 266 g/mol. The lowest BCUT2D eigenvalue weighted by atomic mass is 10.3. The topological polar surface area (TPSA) is 62.2 Å². The van der Waals surface area contributed by atoms with E-state index in [-0.39, 0.29) is 29.8 Å². The molecule has 0 aliphatic rings. The van der Waals surface area contributed by atoms with Crippen LogP contribution < -0.4 is 5.32 Å². The molecule has 0 spiro atoms. The van der Waals surface area contributed by atoms with E-state index in [1.54, 1.807) is 0 Å². The number of carbonyl (C=O) groups is 1. The van der Waals surface area contributed by atoms with Crippen molar-refractivity contribution in [3.63, 3.8) is 0 Å². The van der Waals surface area contributed by atoms with Gasteiger partial charge in [0.25, 0.3) is 0 Å². The summed E-state index contributed by atoms with van der Waals surface area (Å²) in [5, 5.41) is 11.3. The first-order valence-corrected chi connectivity index (χ1v) is 5.51. The van der Waals surface area contributed by atoms with Crippen molar-refractivity contribution in [2.24, 2.45) is 0 Å². The number of alkyl halides is 3. The number of aromatic carboxylic acids is 1. The van der Waals surface area contributed by atoms with Crippen LogP contribution in [0.5, 0.6) is 0 Å². The predicted molar refractivity (Wildman–Crippen MR) is 58.2 cm³/mol. The lowest BCUT2D eigenvalue weighted by molar-refractivity contribution is -0.0327. The lowest BCUT2D eigenvalue weighted by Gasteiger charge is -2.08. The number of hydrogen-bond acceptors (Lipinski definition) is 4. The van der Waals surface area contributed by atoms with Gasteiger partial charge in [-0.25, -0.2) is 9.78 Å². The van der Waals surface area contributed by atoms with E-state index >= 15 is 0 Å². The summed E-state index contributed by atoms with van der Waals surface area (Å²) in [7, 11) is 0. The highest BCUT2D eigenvalue weighted by molar-refractivity contribution is 8.00. The van der Waals surface area contributed by atoms with Gasteiger partial charge in [-0.3, -0.25) is 0 Å². The normalized spacial score (nSPS) is 11.2. The van der Waals surface area contributed by atoms with E-state index in [2.05, 4.69) is 10.3 Å². The Balaban J connectivity index is 2.42. The van der Waals surface area contributed by atoms with Crippen molar-refractivity contribution >= 4 is 23.4 Å². The van der Waals surface area contributed by atoms with Gasteiger partial charge >= 0.3 is 11.5 Å². The molecular formula is C9H9F3N2O2S. The van der Waals surface area contributed by atoms with Gasteiger partial charge in [0, 0.05) is 24.2 Å². The molecule has 94 valence electrons. The molecule has 1 aromatic rings. The molecule has 0 aromatic carbocycles. The Kier molecular flexibility index (Phi) is 4.62. The molecule has 0 aliphatic carbocycles. The second-order valence-electron chi connectivity index (χ2n) is 2.96. The Morgan fingerprint density at radius 1 is 1.53 bits per heavy atom. The quantitative estimate of drug-likeness (QED) is 0.801. The minimum absolute atomic E-state index is 0.0905. The zero-order valence-electron chi connectivity index (χ0n) is 8.49. The summed E-state index contributed by atoms with van der Waals surface area (Å²) in [6, 6.07) is 2.76. The van der Waals surface area contributed by atoms with Gasteiger partial charge in [-0.15, -0.1) is 0 Å². The van der Waals surface area contributed by atoms with E-state index in [1.807, 2.05) is 0 Å². The fourth-order valence-corrected chi connectivity index (χ4v) is 1.46. The van der Waals surface area contributed by atoms with Crippen LogP contribution in [0.4, 0.5) is 18.9 Å². The largest absolute Gasteiger partial charge is 0.477 e. The SMILES string of the molecule is O=C(O)c1cc(NCCSC(F)(F)F)ccn1. The van der Waals surface area contributed by atoms with Crippen LogP contribution in [0.15, 0.2) is 18.3 Å². The van der Waals surface area contributed by atoms with Crippen molar-refractivity contribution in [2.75, 3.05) is 17.6 Å². The summed E-state index contributed by atoms with van der Waals surface area (Å²) >= 11 is -0.131. The second kappa shape index (κ2) is 5.76. The zero-order valence-corrected chi connectivity index (χ0v) is 9.31. The number of carboxylic acid groups (broad SMARTS) is 1. The first-order valence-electron chi connectivity index (χ1n) is 4.52. The minimum Gasteiger partial charge on any atom is -0.477 e. The molecule has 0 saturated heterocycles. The molecule has 1 aromatic heterocycles. The molecule has 0 fully saturated rings. The van der Waals surface area contributed by atoms with Crippen molar-refractivity contribution in [1.29, 1.82) is 0 Å². The summed E-state index contributed by atoms with van der Waals surface area (Å²) in [6.45, 7) is 0.0905. The number of rotatable bonds is 5. The van der Waals surface area contributed by atoms with Crippen molar-refractivity contribution in [3.05, 3.63) is 24.0 Å². The fraction of sp³-hybridized carbons (Fsp3) is 0.333. The number of thioether (sulfide) groups is 1. The second-order valence-corrected chi connectivity index (χ2v) is 4.12. The molecular weight excluding hydrogens is 257 g/mol. The molecule has 1 rings (SSSR count). The smallest absolute Gasteiger partial charge is 0.441 e. The highest BCUT2D eigenvalue weighted by Gasteiger charge is 2.27. The van der Waals surface area contributed by atoms with Crippen LogP contribution in [0.1, 0.15) is 10.5 Å². The number of nitrogens with one attached hydrogen (secondary N) is 1. The average molecular weight is 266 g/mol. The van der Waals surface area contributed by atoms with Crippen molar-refractivity contribution in [2.45, 2.75) is 5.51 Å². The summed E-state index contributed by atoms with van der Waals surface area (Å²) in [6.07, 6.45) is 1.28. The molecule has 2 N–H and O–H groups in total. The molecule has 0 amide bonds. The van der Waals surface area contributed by atoms with Crippen LogP contribution in [0.2, 0.25) is 0 Å². The molecule has 1 heterocycles. The Morgan fingerprint density at radius 2 is 2.24 bits per heavy atom. The predicted octanol–water partition coefficient (Wildman–Crippen LogP) is 2.44. The van der Waals surface area contributed by atoms with E-state index in [9.17, 15) is 18.0 Å². The van der Waals surface area contributed by atoms with Gasteiger partial charge in [0.05, 0.1) is 0 Å². The number of nitrogens with zero attached hydrogens (tertiary/aromatic N) is 1. The first kappa shape index (κ1) is 13.6. The van der Waals surface area contributed by atoms with Gasteiger partial charge in [0.2, 0.25) is 0 Å². The summed E-state index contributed by atoms with van der Waals surface area (Å²) in [5.74, 6) is -1.33. The molecule has 0 aliphatic heterocycles. The fourth-order valence-electron chi connectivity index (χ4n) is 1.02. The molecule has 8 heteroatoms. The highest BCUT2D eigenvalue weighted by atomic mass is 32.2. The van der Waals surface area contributed by atoms with E-state index in [0.717, 1.165) is 0 Å². The Bertz CT molecular complexity index is 398. The number of carboxylic acids is 1. The maximum absolute atomic E-state index is 11.8. The Labute approximate surface area is 99.2 Å². The molecule has 0 radical (unpaired) electrons. The zero-order chi connectivity index (χ0) is 12.9. The van der Waals surface area contributed by atoms with Crippen LogP contribution in [0.3, 0.4) is 0 Å². The Hall–Kier alpha value is -1.44. The van der Waals surface area contributed by atoms with Gasteiger partial charge in [0.15, 0.2) is 0 Å². The number of hydrogen-bond donors (Lipinski definition) is 2. The third kappa shape index (κ3) is 5.43. The summed E-state index contributed by atoms with van der Waals surface area (Å²) < 4.78 is 35.4. The number of aromatic nitrogens is 1. The van der Waals surface area contributed by atoms with Gasteiger partial charge in [0.1, 0.15) is 5.69 Å². The third-order valence-electron chi connectivity index (χ3n) is 1.68. The number of anilines is 1. The first-order chi connectivity index (χ1) is 7.88. The van der Waals surface area contributed by atoms with E-state index in [4.69, 9.17) is 5.11 Å². The van der Waals surface area contributed by atoms with Gasteiger partial charge in [-0.05, 0) is 23.9 Å². The maximum Gasteiger partial charge on any atom is 0.441 e. The molecule has 0 atom stereocenters. The van der Waals surface area contributed by atoms with E-state index in [0.29, 0.717) is 5.69 Å². The third-order valence-corrected chi connectivity index (χ3v) is 2.41. The summed E-state index contributed by atoms with van der Waals surface area (Å²) in [4.78, 5) is 14.2. The summed E-state index contributed by atoms with van der Waals surface area (Å²) in [5.41, 5.74) is -3.97. The molecule has 0 saturated carbocycles. The van der Waals surface area contributed by atoms with Crippen LogP contribution in [0, 0.1) is 0 Å². The van der Waals surface area contributed by atoms with Crippen LogP contribution in [0.25, 0.3) is 0 Å². The average Bonchev–Trinajstić information content (AvgIpc) is 2.23. The van der Waals surface area contributed by atoms with Gasteiger partial charge in [-0.2, -0.15) is 13.2 Å². The molecule has 0 unspecified atom stereocenters. The van der Waals surface area contributed by atoms with E-state index < -0.39 is 11.5 Å². The van der Waals surface area contributed by atoms with Gasteiger partial charge < -0.3 is 10.4 Å². The highest BCUT2D eigenvalue weighted by Crippen LogP contribution is 2.29. The lowest BCUT2D eigenvalue weighted by Crippen LogP contribution is -2.10. The standard InChI is InChI=1S/C9H9F3N2O2S/c10-9(11,12)17-4-3-13-6-1-2-14-7(5-6)8(15)16/h1-2,5H,3-4H2,(H,13,14)(H,15,16). The molecule has 4 nitrogen and oxygen atoms in total. The minimum atomic E-state index is -4.24. The van der Waals surface area contributed by atoms with Crippen molar-refractivity contribution in [3.8, 4) is 0 Å². The van der Waals surface area contributed by atoms with E-state index in [1.165, 1.54) is 18.3 Å². The van der Waals surface area contributed by atoms with Crippen molar-refractivity contribution in [1.82, 2.24) is 4.98 Å². The Morgan fingerprint density at radius 3 is 2.82 bits per heavy atom. The van der Waals surface area contributed by atoms with Crippen LogP contribution in [-0.4, -0.2) is 33.9 Å². The van der Waals surface area contributed by atoms with Crippen LogP contribution >= 0.6 is 11.8 Å². The number of halogens is 3.